The number of nitrogens with zero attached hydrogens (tertiary/aromatic N) is 2. The number of carbonyl (C=O) groups is 1. The Morgan fingerprint density at radius 2 is 1.83 bits per heavy atom. The maximum Gasteiger partial charge on any atom is 3.00 e. The second-order valence-corrected chi connectivity index (χ2v) is 6.99. The van der Waals surface area contributed by atoms with Gasteiger partial charge in [0.15, 0.2) is 0 Å². The van der Waals surface area contributed by atoms with E-state index >= 15 is 0 Å². The minimum absolute atomic E-state index is 0. The van der Waals surface area contributed by atoms with E-state index < -0.39 is 7.05 Å². The average molecular weight is 402 g/mol. The molecule has 24 heavy (non-hydrogen) atoms. The molecule has 2 atom stereocenters. The summed E-state index contributed by atoms with van der Waals surface area (Å²) in [5.41, 5.74) is 1.20. The van der Waals surface area contributed by atoms with Crippen molar-refractivity contribution in [3.8, 4) is 0 Å². The van der Waals surface area contributed by atoms with Crippen molar-refractivity contribution in [2.45, 2.75) is 32.5 Å². The topological polar surface area (TPSA) is 43.8 Å². The van der Waals surface area contributed by atoms with Gasteiger partial charge in [0, 0.05) is 12.5 Å². The van der Waals surface area contributed by atoms with Crippen molar-refractivity contribution in [2.24, 2.45) is 5.92 Å². The SMILES string of the molecule is CB(O)N1CC(C(=O)N2CC[C-](C)CC2)C(c2ccccc2)C1.[Y+3]. The fourth-order valence-electron chi connectivity index (χ4n) is 3.77. The van der Waals surface area contributed by atoms with Gasteiger partial charge < -0.3 is 20.7 Å². The molecule has 4 nitrogen and oxygen atoms in total. The van der Waals surface area contributed by atoms with Gasteiger partial charge in [-0.1, -0.05) is 30.3 Å². The number of hydrogen-bond donors (Lipinski definition) is 1. The largest absolute Gasteiger partial charge is 3.00 e. The summed E-state index contributed by atoms with van der Waals surface area (Å²) >= 11 is 0. The molecule has 0 bridgehead atoms. The monoisotopic (exact) mass is 402 g/mol. The summed E-state index contributed by atoms with van der Waals surface area (Å²) in [6.45, 7) is 7.05. The number of carbonyl (C=O) groups excluding carboxylic acids is 1. The number of rotatable bonds is 3. The van der Waals surface area contributed by atoms with Crippen LogP contribution in [0.4, 0.5) is 0 Å². The van der Waals surface area contributed by atoms with Crippen LogP contribution in [0.5, 0.6) is 0 Å². The van der Waals surface area contributed by atoms with E-state index in [1.165, 1.54) is 11.5 Å². The van der Waals surface area contributed by atoms with Crippen molar-refractivity contribution in [1.29, 1.82) is 0 Å². The Bertz CT molecular complexity index is 535. The van der Waals surface area contributed by atoms with Gasteiger partial charge in [0.05, 0.1) is 5.92 Å². The molecule has 2 fully saturated rings. The van der Waals surface area contributed by atoms with E-state index in [0.29, 0.717) is 6.54 Å². The number of piperidine rings is 1. The summed E-state index contributed by atoms with van der Waals surface area (Å²) < 4.78 is 0. The van der Waals surface area contributed by atoms with Crippen LogP contribution >= 0.6 is 0 Å². The molecule has 1 amide bonds. The van der Waals surface area contributed by atoms with Crippen LogP contribution in [0.1, 0.15) is 31.2 Å². The van der Waals surface area contributed by atoms with Crippen LogP contribution in [0.15, 0.2) is 30.3 Å². The number of benzene rings is 1. The Hall–Kier alpha value is -0.221. The summed E-state index contributed by atoms with van der Waals surface area (Å²) in [5.74, 6) is 1.87. The molecule has 2 unspecified atom stereocenters. The summed E-state index contributed by atoms with van der Waals surface area (Å²) in [7, 11) is -0.504. The predicted molar refractivity (Wildman–Crippen MR) is 92.8 cm³/mol. The molecule has 0 saturated carbocycles. The Morgan fingerprint density at radius 3 is 2.42 bits per heavy atom. The summed E-state index contributed by atoms with van der Waals surface area (Å²) in [4.78, 5) is 17.1. The van der Waals surface area contributed by atoms with Gasteiger partial charge in [0.1, 0.15) is 0 Å². The normalized spacial score (nSPS) is 25.4. The maximum absolute atomic E-state index is 13.1. The first-order chi connectivity index (χ1) is 11.1. The molecule has 124 valence electrons. The molecule has 0 spiro atoms. The zero-order valence-electron chi connectivity index (χ0n) is 14.7. The van der Waals surface area contributed by atoms with Gasteiger partial charge in [-0.3, -0.25) is 4.79 Å². The van der Waals surface area contributed by atoms with Crippen LogP contribution in [-0.2, 0) is 37.5 Å². The molecule has 0 aromatic heterocycles. The first kappa shape index (κ1) is 20.1. The Labute approximate surface area is 171 Å². The van der Waals surface area contributed by atoms with Gasteiger partial charge in [0.2, 0.25) is 5.91 Å². The standard InChI is InChI=1S/C18H26BN2O2.Y/c1-14-8-10-20(11-9-14)18(22)17-13-21(19(2)23)12-16(17)15-6-4-3-5-7-15;/h3-7,16-17,23H,8-13H2,1-2H3;/q-1;+3. The number of amides is 1. The van der Waals surface area contributed by atoms with Gasteiger partial charge in [0.25, 0.3) is 0 Å². The third kappa shape index (κ3) is 4.49. The van der Waals surface area contributed by atoms with E-state index in [2.05, 4.69) is 19.1 Å². The minimum Gasteiger partial charge on any atom is -0.437 e. The fourth-order valence-corrected chi connectivity index (χ4v) is 3.77. The first-order valence-corrected chi connectivity index (χ1v) is 8.63. The smallest absolute Gasteiger partial charge is 0.437 e. The van der Waals surface area contributed by atoms with Gasteiger partial charge in [-0.15, -0.1) is 0 Å². The number of hydrogen-bond acceptors (Lipinski definition) is 3. The van der Waals surface area contributed by atoms with Crippen LogP contribution in [0.2, 0.25) is 6.82 Å². The van der Waals surface area contributed by atoms with Crippen molar-refractivity contribution in [3.63, 3.8) is 0 Å². The van der Waals surface area contributed by atoms with Crippen molar-refractivity contribution < 1.29 is 42.5 Å². The van der Waals surface area contributed by atoms with E-state index in [0.717, 1.165) is 32.5 Å². The summed E-state index contributed by atoms with van der Waals surface area (Å²) in [5, 5.41) is 9.96. The van der Waals surface area contributed by atoms with Crippen LogP contribution < -0.4 is 0 Å². The van der Waals surface area contributed by atoms with Crippen LogP contribution in [0.25, 0.3) is 0 Å². The Balaban J connectivity index is 0.00000208. The van der Waals surface area contributed by atoms with Crippen LogP contribution in [-0.4, -0.2) is 53.9 Å². The predicted octanol–water partition coefficient (Wildman–Crippen LogP) is 2.03. The minimum atomic E-state index is -0.504. The molecule has 2 aliphatic heterocycles. The molecule has 1 aromatic carbocycles. The van der Waals surface area contributed by atoms with E-state index in [4.69, 9.17) is 0 Å². The van der Waals surface area contributed by atoms with Crippen molar-refractivity contribution >= 4 is 13.0 Å². The summed E-state index contributed by atoms with van der Waals surface area (Å²) in [6.07, 6.45) is 2.04. The van der Waals surface area contributed by atoms with Crippen molar-refractivity contribution in [1.82, 2.24) is 9.71 Å². The van der Waals surface area contributed by atoms with Crippen LogP contribution in [0, 0.1) is 11.8 Å². The third-order valence-corrected chi connectivity index (χ3v) is 5.35. The third-order valence-electron chi connectivity index (χ3n) is 5.35. The second-order valence-electron chi connectivity index (χ2n) is 6.99. The Kier molecular flexibility index (Phi) is 7.48. The molecule has 1 aromatic rings. The Morgan fingerprint density at radius 1 is 1.21 bits per heavy atom. The molecule has 2 heterocycles. The molecule has 1 N–H and O–H groups in total. The summed E-state index contributed by atoms with van der Waals surface area (Å²) in [6, 6.07) is 10.3. The fraction of sp³-hybridized carbons (Fsp3) is 0.556. The van der Waals surface area contributed by atoms with E-state index in [1.54, 1.807) is 6.82 Å². The maximum atomic E-state index is 13.1. The van der Waals surface area contributed by atoms with Gasteiger partial charge in [-0.2, -0.15) is 19.8 Å². The van der Waals surface area contributed by atoms with E-state index in [9.17, 15) is 9.82 Å². The van der Waals surface area contributed by atoms with Crippen molar-refractivity contribution in [3.05, 3.63) is 41.8 Å². The quantitative estimate of drug-likeness (QED) is 0.622. The first-order valence-electron chi connectivity index (χ1n) is 8.63. The molecular formula is C18H26BN2O2Y+2. The molecular weight excluding hydrogens is 376 g/mol. The van der Waals surface area contributed by atoms with E-state index in [-0.39, 0.29) is 50.5 Å². The van der Waals surface area contributed by atoms with E-state index in [1.807, 2.05) is 27.9 Å². The van der Waals surface area contributed by atoms with Gasteiger partial charge >= 0.3 is 39.8 Å². The molecule has 2 aliphatic rings. The zero-order valence-corrected chi connectivity index (χ0v) is 17.5. The second kappa shape index (κ2) is 8.93. The molecule has 6 heteroatoms. The van der Waals surface area contributed by atoms with Crippen LogP contribution in [0.3, 0.4) is 0 Å². The zero-order chi connectivity index (χ0) is 16.4. The molecule has 3 rings (SSSR count). The van der Waals surface area contributed by atoms with Gasteiger partial charge in [-0.05, 0) is 32.0 Å². The molecule has 0 aliphatic carbocycles. The van der Waals surface area contributed by atoms with Crippen molar-refractivity contribution in [2.75, 3.05) is 26.2 Å². The number of likely N-dealkylation sites (tertiary alicyclic amines) is 1. The molecule has 2 saturated heterocycles. The average Bonchev–Trinajstić information content (AvgIpc) is 3.01. The van der Waals surface area contributed by atoms with Gasteiger partial charge in [-0.25, -0.2) is 0 Å². The molecule has 0 radical (unpaired) electrons.